The molecule has 2 heteroatoms. The van der Waals surface area contributed by atoms with Crippen LogP contribution in [0, 0.1) is 0 Å². The fraction of sp³-hybridized carbons (Fsp3) is 0.818. The van der Waals surface area contributed by atoms with Crippen LogP contribution in [0.15, 0.2) is 11.6 Å². The second-order valence-corrected chi connectivity index (χ2v) is 4.90. The molecule has 76 valence electrons. The second-order valence-electron chi connectivity index (χ2n) is 4.34. The predicted molar refractivity (Wildman–Crippen MR) is 57.3 cm³/mol. The van der Waals surface area contributed by atoms with Gasteiger partial charge in [0.2, 0.25) is 0 Å². The van der Waals surface area contributed by atoms with E-state index in [4.69, 9.17) is 16.3 Å². The average molecular weight is 203 g/mol. The number of halogens is 1. The molecule has 0 fully saturated rings. The van der Waals surface area contributed by atoms with Crippen molar-refractivity contribution in [3.05, 3.63) is 11.6 Å². The fourth-order valence-electron chi connectivity index (χ4n) is 1.52. The Morgan fingerprint density at radius 3 is 2.77 bits per heavy atom. The van der Waals surface area contributed by atoms with Crippen molar-refractivity contribution in [2.75, 3.05) is 7.11 Å². The van der Waals surface area contributed by atoms with Crippen LogP contribution in [0.1, 0.15) is 39.5 Å². The highest BCUT2D eigenvalue weighted by molar-refractivity contribution is 6.22. The van der Waals surface area contributed by atoms with Gasteiger partial charge in [-0.25, -0.2) is 0 Å². The molecule has 0 aliphatic heterocycles. The summed E-state index contributed by atoms with van der Waals surface area (Å²) in [6.45, 7) is 4.25. The number of methoxy groups -OCH3 is 1. The summed E-state index contributed by atoms with van der Waals surface area (Å²) in [5, 5.41) is 0.278. The summed E-state index contributed by atoms with van der Waals surface area (Å²) in [7, 11) is 1.77. The van der Waals surface area contributed by atoms with Crippen LogP contribution in [0.3, 0.4) is 0 Å². The number of ether oxygens (including phenoxy) is 1. The van der Waals surface area contributed by atoms with Crippen molar-refractivity contribution < 1.29 is 4.74 Å². The van der Waals surface area contributed by atoms with Gasteiger partial charge in [0.05, 0.1) is 11.0 Å². The van der Waals surface area contributed by atoms with Gasteiger partial charge in [0.1, 0.15) is 0 Å². The van der Waals surface area contributed by atoms with Crippen molar-refractivity contribution in [2.24, 2.45) is 0 Å². The maximum Gasteiger partial charge on any atom is 0.0625 e. The Balaban J connectivity index is 2.31. The van der Waals surface area contributed by atoms with E-state index in [1.807, 2.05) is 0 Å². The molecule has 13 heavy (non-hydrogen) atoms. The lowest BCUT2D eigenvalue weighted by Crippen LogP contribution is -2.22. The molecule has 0 radical (unpaired) electrons. The third-order valence-electron chi connectivity index (χ3n) is 2.76. The number of allylic oxidation sites excluding steroid dienone is 2. The third-order valence-corrected chi connectivity index (χ3v) is 3.10. The van der Waals surface area contributed by atoms with Crippen molar-refractivity contribution in [1.82, 2.24) is 0 Å². The molecule has 0 saturated heterocycles. The highest BCUT2D eigenvalue weighted by atomic mass is 35.5. The van der Waals surface area contributed by atoms with E-state index in [0.717, 1.165) is 19.3 Å². The topological polar surface area (TPSA) is 9.23 Å². The summed E-state index contributed by atoms with van der Waals surface area (Å²) in [5.41, 5.74) is 1.51. The molecule has 1 atom stereocenters. The monoisotopic (exact) mass is 202 g/mol. The zero-order valence-electron chi connectivity index (χ0n) is 8.77. The Morgan fingerprint density at radius 1 is 1.62 bits per heavy atom. The quantitative estimate of drug-likeness (QED) is 0.501. The SMILES string of the molecule is COC(C)(C)CCC1=CC(Cl)CC1. The van der Waals surface area contributed by atoms with Gasteiger partial charge in [-0.05, 0) is 39.5 Å². The second kappa shape index (κ2) is 4.47. The highest BCUT2D eigenvalue weighted by Crippen LogP contribution is 2.28. The minimum Gasteiger partial charge on any atom is -0.379 e. The summed E-state index contributed by atoms with van der Waals surface area (Å²) in [4.78, 5) is 0. The smallest absolute Gasteiger partial charge is 0.0625 e. The largest absolute Gasteiger partial charge is 0.379 e. The molecule has 1 nitrogen and oxygen atoms in total. The van der Waals surface area contributed by atoms with E-state index < -0.39 is 0 Å². The summed E-state index contributed by atoms with van der Waals surface area (Å²) in [6, 6.07) is 0. The van der Waals surface area contributed by atoms with Crippen molar-refractivity contribution in [3.63, 3.8) is 0 Å². The first kappa shape index (κ1) is 11.1. The molecule has 0 heterocycles. The van der Waals surface area contributed by atoms with Gasteiger partial charge in [-0.3, -0.25) is 0 Å². The standard InChI is InChI=1S/C11H19ClO/c1-11(2,13-3)7-6-9-4-5-10(12)8-9/h8,10H,4-7H2,1-3H3. The van der Waals surface area contributed by atoms with Crippen molar-refractivity contribution >= 4 is 11.6 Å². The van der Waals surface area contributed by atoms with E-state index in [2.05, 4.69) is 19.9 Å². The molecule has 0 amide bonds. The van der Waals surface area contributed by atoms with Crippen LogP contribution < -0.4 is 0 Å². The molecule has 0 aromatic rings. The van der Waals surface area contributed by atoms with Gasteiger partial charge in [0.25, 0.3) is 0 Å². The van der Waals surface area contributed by atoms with Crippen LogP contribution in [0.5, 0.6) is 0 Å². The van der Waals surface area contributed by atoms with E-state index in [1.165, 1.54) is 12.0 Å². The molecular formula is C11H19ClO. The summed E-state index contributed by atoms with van der Waals surface area (Å²) < 4.78 is 5.36. The van der Waals surface area contributed by atoms with Crippen molar-refractivity contribution in [1.29, 1.82) is 0 Å². The number of alkyl halides is 1. The Hall–Kier alpha value is -0.0100. The number of rotatable bonds is 4. The molecule has 1 rings (SSSR count). The minimum absolute atomic E-state index is 0.00520. The first-order valence-corrected chi connectivity index (χ1v) is 5.36. The predicted octanol–water partition coefficient (Wildman–Crippen LogP) is 3.52. The van der Waals surface area contributed by atoms with Gasteiger partial charge in [-0.1, -0.05) is 11.6 Å². The summed E-state index contributed by atoms with van der Waals surface area (Å²) in [5.74, 6) is 0. The van der Waals surface area contributed by atoms with Crippen LogP contribution in [0.2, 0.25) is 0 Å². The Bertz CT molecular complexity index is 196. The normalized spacial score (nSPS) is 23.4. The maximum absolute atomic E-state index is 5.98. The fourth-order valence-corrected chi connectivity index (χ4v) is 1.80. The zero-order valence-corrected chi connectivity index (χ0v) is 9.53. The minimum atomic E-state index is 0.00520. The van der Waals surface area contributed by atoms with Gasteiger partial charge in [0, 0.05) is 7.11 Å². The average Bonchev–Trinajstić information content (AvgIpc) is 2.48. The molecule has 1 aliphatic carbocycles. The Kier molecular flexibility index (Phi) is 3.81. The van der Waals surface area contributed by atoms with Crippen LogP contribution in [0.25, 0.3) is 0 Å². The van der Waals surface area contributed by atoms with E-state index >= 15 is 0 Å². The number of hydrogen-bond donors (Lipinski definition) is 0. The van der Waals surface area contributed by atoms with Gasteiger partial charge >= 0.3 is 0 Å². The molecule has 0 spiro atoms. The Morgan fingerprint density at radius 2 is 2.31 bits per heavy atom. The lowest BCUT2D eigenvalue weighted by atomic mass is 9.98. The molecule has 0 aromatic carbocycles. The summed E-state index contributed by atoms with van der Waals surface area (Å²) in [6.07, 6.45) is 6.70. The third kappa shape index (κ3) is 3.70. The van der Waals surface area contributed by atoms with Crippen LogP contribution in [-0.4, -0.2) is 18.1 Å². The van der Waals surface area contributed by atoms with Gasteiger partial charge in [0.15, 0.2) is 0 Å². The van der Waals surface area contributed by atoms with Crippen LogP contribution in [-0.2, 0) is 4.74 Å². The zero-order chi connectivity index (χ0) is 9.90. The van der Waals surface area contributed by atoms with E-state index in [-0.39, 0.29) is 11.0 Å². The van der Waals surface area contributed by atoms with E-state index in [9.17, 15) is 0 Å². The first-order chi connectivity index (χ1) is 6.03. The van der Waals surface area contributed by atoms with Crippen LogP contribution >= 0.6 is 11.6 Å². The lowest BCUT2D eigenvalue weighted by molar-refractivity contribution is 0.0157. The van der Waals surface area contributed by atoms with E-state index in [1.54, 1.807) is 7.11 Å². The van der Waals surface area contributed by atoms with Crippen molar-refractivity contribution in [2.45, 2.75) is 50.5 Å². The van der Waals surface area contributed by atoms with E-state index in [0.29, 0.717) is 0 Å². The summed E-state index contributed by atoms with van der Waals surface area (Å²) >= 11 is 5.98. The molecule has 0 bridgehead atoms. The van der Waals surface area contributed by atoms with Crippen LogP contribution in [0.4, 0.5) is 0 Å². The Labute approximate surface area is 86.1 Å². The maximum atomic E-state index is 5.98. The van der Waals surface area contributed by atoms with Crippen molar-refractivity contribution in [3.8, 4) is 0 Å². The highest BCUT2D eigenvalue weighted by Gasteiger charge is 2.19. The molecule has 1 unspecified atom stereocenters. The molecule has 0 aromatic heterocycles. The number of hydrogen-bond acceptors (Lipinski definition) is 1. The molecule has 0 N–H and O–H groups in total. The molecule has 1 aliphatic rings. The van der Waals surface area contributed by atoms with Gasteiger partial charge in [-0.2, -0.15) is 0 Å². The molecule has 0 saturated carbocycles. The van der Waals surface area contributed by atoms with Gasteiger partial charge in [-0.15, -0.1) is 11.6 Å². The van der Waals surface area contributed by atoms with Gasteiger partial charge < -0.3 is 4.74 Å². The lowest BCUT2D eigenvalue weighted by Gasteiger charge is -2.22. The molecular weight excluding hydrogens is 184 g/mol. The first-order valence-electron chi connectivity index (χ1n) is 4.92.